The van der Waals surface area contributed by atoms with Crippen LogP contribution in [0.15, 0.2) is 130 Å². The van der Waals surface area contributed by atoms with Crippen LogP contribution in [-0.2, 0) is 49.5 Å². The number of aryl methyl sites for hydroxylation is 1. The van der Waals surface area contributed by atoms with Crippen molar-refractivity contribution in [1.82, 2.24) is 15.0 Å². The first-order valence-electron chi connectivity index (χ1n) is 20.6. The summed E-state index contributed by atoms with van der Waals surface area (Å²) in [5.74, 6) is 3.28. The first kappa shape index (κ1) is 56.6. The topological polar surface area (TPSA) is 448 Å². The van der Waals surface area contributed by atoms with Crippen molar-refractivity contribution in [3.63, 3.8) is 0 Å². The maximum absolute atomic E-state index is 13.0. The number of fused-ring (bicyclic) bond motifs is 2. The van der Waals surface area contributed by atoms with Gasteiger partial charge in [-0.25, -0.2) is 17.6 Å². The first-order valence-corrected chi connectivity index (χ1v) is 28.4. The number of nitrogens with one attached hydrogen (secondary N) is 1. The van der Waals surface area contributed by atoms with Gasteiger partial charge in [0.05, 0.1) is 40.6 Å². The van der Waals surface area contributed by atoms with E-state index >= 15 is 0 Å². The van der Waals surface area contributed by atoms with Crippen LogP contribution in [0, 0.1) is 6.92 Å². The number of aliphatic imine (C=N–C) groups is 1. The molecule has 0 aliphatic heterocycles. The zero-order valence-corrected chi connectivity index (χ0v) is 43.6. The highest BCUT2D eigenvalue weighted by molar-refractivity contribution is 8.19. The molecule has 0 aliphatic carbocycles. The molecule has 0 spiro atoms. The summed E-state index contributed by atoms with van der Waals surface area (Å²) in [4.78, 5) is 20.4. The average molecular weight is 1170 g/mol. The highest BCUT2D eigenvalue weighted by atomic mass is 35.5. The summed E-state index contributed by atoms with van der Waals surface area (Å²) < 4.78 is 166. The van der Waals surface area contributed by atoms with Gasteiger partial charge in [0.15, 0.2) is 15.6 Å². The monoisotopic (exact) mass is 1170 g/mol. The van der Waals surface area contributed by atoms with E-state index in [0.717, 1.165) is 36.7 Å². The van der Waals surface area contributed by atoms with Crippen LogP contribution in [0.2, 0.25) is 5.28 Å². The Kier molecular flexibility index (Phi) is 16.2. The molecule has 7 aromatic rings. The van der Waals surface area contributed by atoms with Gasteiger partial charge in [-0.2, -0.15) is 51.2 Å². The fourth-order valence-electron chi connectivity index (χ4n) is 7.13. The second-order valence-electron chi connectivity index (χ2n) is 15.5. The van der Waals surface area contributed by atoms with Crippen molar-refractivity contribution >= 4 is 143 Å². The van der Waals surface area contributed by atoms with E-state index in [4.69, 9.17) is 26.8 Å². The summed E-state index contributed by atoms with van der Waals surface area (Å²) in [5.41, 5.74) is -0.293. The van der Waals surface area contributed by atoms with E-state index in [1.54, 1.807) is 0 Å². The molecule has 0 radical (unpaired) electrons. The van der Waals surface area contributed by atoms with Gasteiger partial charge >= 0.3 is 10.4 Å². The van der Waals surface area contributed by atoms with E-state index in [9.17, 15) is 61.5 Å². The summed E-state index contributed by atoms with van der Waals surface area (Å²) in [6.07, 6.45) is 0.842. The van der Waals surface area contributed by atoms with Gasteiger partial charge in [-0.1, -0.05) is 12.1 Å². The van der Waals surface area contributed by atoms with Crippen molar-refractivity contribution < 1.29 is 79.9 Å². The SMILES string of the molecule is COc1cc(S(=O)(=O)CCOS(=O)(=O)O)c(C)cc1N=Nc1c(S(O)(O)O)cc2cc(N(C)c3nc(Cl)nc(Nc4ccc(N=Nc5cc(S(=O)(=O)O)c6cccc(S(=O)(=O)O)c6c5)c(N=CON)c4)n3)ccc2c1O. The number of methoxy groups -OCH3 is 1. The number of rotatable bonds is 19. The number of phenols is 1. The number of halogens is 1. The van der Waals surface area contributed by atoms with Gasteiger partial charge in [-0.3, -0.25) is 13.7 Å². The molecule has 10 N–H and O–H groups in total. The summed E-state index contributed by atoms with van der Waals surface area (Å²) in [7, 11) is -20.9. The number of azo groups is 2. The number of sulfone groups is 1. The molecule has 0 atom stereocenters. The highest BCUT2D eigenvalue weighted by Crippen LogP contribution is 2.55. The van der Waals surface area contributed by atoms with Gasteiger partial charge in [0.25, 0.3) is 20.2 Å². The second-order valence-corrected chi connectivity index (χ2v) is 23.2. The lowest BCUT2D eigenvalue weighted by molar-refractivity contribution is 0.283. The maximum atomic E-state index is 13.0. The Morgan fingerprint density at radius 3 is 2.09 bits per heavy atom. The molecule has 6 aromatic carbocycles. The molecule has 0 saturated heterocycles. The molecule has 0 saturated carbocycles. The third-order valence-corrected chi connectivity index (χ3v) is 15.6. The van der Waals surface area contributed by atoms with E-state index in [1.165, 1.54) is 80.6 Å². The number of aromatic hydroxyl groups is 1. The van der Waals surface area contributed by atoms with Gasteiger partial charge in [0.1, 0.15) is 43.5 Å². The summed E-state index contributed by atoms with van der Waals surface area (Å²) in [6, 6.07) is 17.5. The van der Waals surface area contributed by atoms with Crippen LogP contribution in [0.1, 0.15) is 5.56 Å². The zero-order chi connectivity index (χ0) is 55.7. The minimum absolute atomic E-state index is 0.0105. The molecule has 7 rings (SSSR count). The van der Waals surface area contributed by atoms with Crippen molar-refractivity contribution in [2.75, 3.05) is 36.7 Å². The Morgan fingerprint density at radius 1 is 0.724 bits per heavy atom. The number of nitrogens with zero attached hydrogens (tertiary/aromatic N) is 9. The van der Waals surface area contributed by atoms with Crippen molar-refractivity contribution in [1.29, 1.82) is 0 Å². The molecule has 0 fully saturated rings. The van der Waals surface area contributed by atoms with E-state index in [2.05, 4.69) is 54.7 Å². The summed E-state index contributed by atoms with van der Waals surface area (Å²) in [5, 5.41) is 29.9. The third-order valence-electron chi connectivity index (χ3n) is 10.5. The predicted octanol–water partition coefficient (Wildman–Crippen LogP) is 8.42. The molecule has 1 aromatic heterocycles. The Labute approximate surface area is 436 Å². The predicted molar refractivity (Wildman–Crippen MR) is 275 cm³/mol. The Balaban J connectivity index is 1.17. The molecule has 0 amide bonds. The van der Waals surface area contributed by atoms with Gasteiger partial charge in [0.2, 0.25) is 23.6 Å². The van der Waals surface area contributed by atoms with E-state index in [0.29, 0.717) is 5.69 Å². The number of ether oxygens (including phenoxy) is 1. The van der Waals surface area contributed by atoms with Gasteiger partial charge in [-0.15, -0.1) is 15.3 Å². The molecular weight excluding hydrogens is 1130 g/mol. The molecule has 35 heteroatoms. The molecule has 1 heterocycles. The average Bonchev–Trinajstić information content (AvgIpc) is 3.32. The van der Waals surface area contributed by atoms with Crippen molar-refractivity contribution in [3.05, 3.63) is 95.8 Å². The van der Waals surface area contributed by atoms with Crippen molar-refractivity contribution in [3.8, 4) is 11.5 Å². The normalized spacial score (nSPS) is 13.1. The number of anilines is 4. The Hall–Kier alpha value is -7.16. The number of aromatic nitrogens is 3. The minimum Gasteiger partial charge on any atom is -0.505 e. The van der Waals surface area contributed by atoms with Crippen molar-refractivity contribution in [2.24, 2.45) is 31.3 Å². The van der Waals surface area contributed by atoms with Crippen LogP contribution in [0.3, 0.4) is 0 Å². The molecule has 76 heavy (non-hydrogen) atoms. The first-order chi connectivity index (χ1) is 35.5. The lowest BCUT2D eigenvalue weighted by atomic mass is 10.1. The quantitative estimate of drug-likeness (QED) is 0.0120. The van der Waals surface area contributed by atoms with Gasteiger partial charge in [-0.05, 0) is 96.2 Å². The van der Waals surface area contributed by atoms with Crippen molar-refractivity contribution in [2.45, 2.75) is 26.5 Å². The molecule has 0 aliphatic rings. The lowest BCUT2D eigenvalue weighted by Gasteiger charge is -2.23. The lowest BCUT2D eigenvalue weighted by Crippen LogP contribution is -2.16. The van der Waals surface area contributed by atoms with E-state index in [-0.39, 0.29) is 83.4 Å². The standard InChI is InChI=1S/C41H38ClN11O18S5/c1-21-13-31(32(69-3)19-34(21)72(55,56)12-11-71-76(66,67)68)51-52-37-36(75(63,64)65)15-22-14-25(8-9-26(22)38(37)54)53(2)41-47-39(42)46-40(48-41)45-23-7-10-29(30(17-23)44-20-70-43)50-49-24-16-28-27(35(18-24)74(60,61)62)5-4-6-33(28)73(57,58)59/h4-10,13-20,54,63-65H,11-12,43H2,1-3H3,(H,57,58,59)(H,60,61,62)(H,66,67,68)(H,45,46,47,48). The fourth-order valence-corrected chi connectivity index (χ4v) is 11.1. The second kappa shape index (κ2) is 21.8. The van der Waals surface area contributed by atoms with E-state index < -0.39 is 89.8 Å². The molecular formula is C41H38ClN11O18S5. The third kappa shape index (κ3) is 13.1. The van der Waals surface area contributed by atoms with Crippen LogP contribution in [0.4, 0.5) is 51.7 Å². The fraction of sp³-hybridized carbons (Fsp3) is 0.122. The summed E-state index contributed by atoms with van der Waals surface area (Å²) in [6.45, 7) is 0.480. The number of benzene rings is 6. The largest absolute Gasteiger partial charge is 0.505 e. The smallest absolute Gasteiger partial charge is 0.397 e. The molecule has 402 valence electrons. The highest BCUT2D eigenvalue weighted by Gasteiger charge is 2.28. The maximum Gasteiger partial charge on any atom is 0.397 e. The van der Waals surface area contributed by atoms with Gasteiger partial charge < -0.3 is 38.6 Å². The number of phenolic OH excluding ortho intramolecular Hbond substituents is 1. The van der Waals surface area contributed by atoms with Crippen LogP contribution in [0.5, 0.6) is 11.5 Å². The molecule has 0 bridgehead atoms. The van der Waals surface area contributed by atoms with Gasteiger partial charge in [0, 0.05) is 40.6 Å². The van der Waals surface area contributed by atoms with Crippen LogP contribution in [0.25, 0.3) is 21.5 Å². The minimum atomic E-state index is -4.96. The van der Waals surface area contributed by atoms with Crippen LogP contribution in [-0.4, -0.2) is 114 Å². The van der Waals surface area contributed by atoms with Crippen LogP contribution < -0.4 is 20.9 Å². The number of hydrogen-bond acceptors (Lipinski definition) is 26. The zero-order valence-electron chi connectivity index (χ0n) is 38.7. The number of nitrogens with two attached hydrogens (primary N) is 1. The molecule has 0 unspecified atom stereocenters. The molecule has 29 nitrogen and oxygen atoms in total. The Bertz CT molecular complexity index is 4040. The van der Waals surface area contributed by atoms with E-state index in [1.807, 2.05) is 0 Å². The number of hydrogen-bond donors (Lipinski definition) is 9. The Morgan fingerprint density at radius 2 is 1.43 bits per heavy atom. The van der Waals surface area contributed by atoms with Crippen LogP contribution >= 0.6 is 22.5 Å². The summed E-state index contributed by atoms with van der Waals surface area (Å²) >= 11 is 6.34.